The number of Topliss-reactive ketones (excluding diaryl/α,β-unsaturated/α-hetero) is 1. The predicted octanol–water partition coefficient (Wildman–Crippen LogP) is 4.60. The van der Waals surface area contributed by atoms with Gasteiger partial charge in [0.2, 0.25) is 0 Å². The quantitative estimate of drug-likeness (QED) is 0.598. The summed E-state index contributed by atoms with van der Waals surface area (Å²) in [7, 11) is 1.35. The third-order valence-electron chi connectivity index (χ3n) is 3.25. The minimum absolute atomic E-state index is 0.245. The molecule has 0 aromatic heterocycles. The van der Waals surface area contributed by atoms with Crippen LogP contribution in [0, 0.1) is 0 Å². The molecule has 0 saturated heterocycles. The number of esters is 1. The standard InChI is InChI=1S/C14H12O2.C6H14O.C3H6O2/c15-13(11-7-3-1-4-8-11)14(16)12-9-5-2-6-10-12;1-5(2)7-6(3)4;1-3(4)5-2/h1-10,13,15H;5-6H,1-4H3;1-2H3. The number of aliphatic hydroxyl groups is 1. The van der Waals surface area contributed by atoms with E-state index in [0.29, 0.717) is 23.3 Å². The van der Waals surface area contributed by atoms with Gasteiger partial charge in [-0.2, -0.15) is 0 Å². The highest BCUT2D eigenvalue weighted by atomic mass is 16.5. The Morgan fingerprint density at radius 2 is 1.21 bits per heavy atom. The lowest BCUT2D eigenvalue weighted by atomic mass is 10.0. The second-order valence-electron chi connectivity index (χ2n) is 6.47. The molecule has 1 unspecified atom stereocenters. The third-order valence-corrected chi connectivity index (χ3v) is 3.25. The third kappa shape index (κ3) is 12.0. The molecule has 0 spiro atoms. The van der Waals surface area contributed by atoms with Crippen LogP contribution in [-0.2, 0) is 14.3 Å². The van der Waals surface area contributed by atoms with Crippen molar-refractivity contribution in [3.63, 3.8) is 0 Å². The molecule has 0 aliphatic rings. The summed E-state index contributed by atoms with van der Waals surface area (Å²) in [5.74, 6) is -0.517. The van der Waals surface area contributed by atoms with E-state index in [0.717, 1.165) is 0 Å². The van der Waals surface area contributed by atoms with E-state index in [2.05, 4.69) is 4.74 Å². The number of rotatable bonds is 5. The summed E-state index contributed by atoms with van der Waals surface area (Å²) in [6, 6.07) is 17.7. The average molecular weight is 389 g/mol. The molecule has 0 heterocycles. The Labute approximate surface area is 168 Å². The Morgan fingerprint density at radius 3 is 1.54 bits per heavy atom. The van der Waals surface area contributed by atoms with Crippen LogP contribution in [0.5, 0.6) is 0 Å². The van der Waals surface area contributed by atoms with Gasteiger partial charge in [0.1, 0.15) is 6.10 Å². The molecule has 0 aliphatic heterocycles. The minimum atomic E-state index is -1.08. The lowest BCUT2D eigenvalue weighted by Gasteiger charge is -2.09. The molecule has 0 amide bonds. The number of ether oxygens (including phenoxy) is 2. The van der Waals surface area contributed by atoms with E-state index in [1.807, 2.05) is 39.8 Å². The van der Waals surface area contributed by atoms with E-state index in [1.165, 1.54) is 14.0 Å². The molecule has 2 rings (SSSR count). The molecular weight excluding hydrogens is 356 g/mol. The number of benzene rings is 2. The first-order chi connectivity index (χ1) is 13.2. The highest BCUT2D eigenvalue weighted by Gasteiger charge is 2.18. The molecule has 0 saturated carbocycles. The molecule has 0 bridgehead atoms. The maximum atomic E-state index is 11.9. The van der Waals surface area contributed by atoms with E-state index in [1.54, 1.807) is 48.5 Å². The summed E-state index contributed by atoms with van der Waals surface area (Å²) in [6.07, 6.45) is -0.330. The van der Waals surface area contributed by atoms with E-state index >= 15 is 0 Å². The van der Waals surface area contributed by atoms with Crippen molar-refractivity contribution in [1.82, 2.24) is 0 Å². The van der Waals surface area contributed by atoms with Gasteiger partial charge in [0.15, 0.2) is 5.78 Å². The minimum Gasteiger partial charge on any atom is -0.469 e. The Bertz CT molecular complexity index is 660. The van der Waals surface area contributed by atoms with Gasteiger partial charge < -0.3 is 14.6 Å². The first-order valence-electron chi connectivity index (χ1n) is 9.21. The maximum absolute atomic E-state index is 11.9. The zero-order chi connectivity index (χ0) is 21.5. The Kier molecular flexibility index (Phi) is 13.2. The molecule has 1 N–H and O–H groups in total. The lowest BCUT2D eigenvalue weighted by Crippen LogP contribution is -2.11. The van der Waals surface area contributed by atoms with Crippen LogP contribution in [-0.4, -0.2) is 36.2 Å². The molecule has 0 radical (unpaired) electrons. The lowest BCUT2D eigenvalue weighted by molar-refractivity contribution is -0.137. The van der Waals surface area contributed by atoms with Gasteiger partial charge in [-0.1, -0.05) is 60.7 Å². The molecule has 1 atom stereocenters. The summed E-state index contributed by atoms with van der Waals surface area (Å²) >= 11 is 0. The zero-order valence-electron chi connectivity index (χ0n) is 17.6. The average Bonchev–Trinajstić information content (AvgIpc) is 2.68. The zero-order valence-corrected chi connectivity index (χ0v) is 17.6. The van der Waals surface area contributed by atoms with Gasteiger partial charge in [0.05, 0.1) is 19.3 Å². The van der Waals surface area contributed by atoms with Crippen LogP contribution >= 0.6 is 0 Å². The van der Waals surface area contributed by atoms with Gasteiger partial charge >= 0.3 is 5.97 Å². The highest BCUT2D eigenvalue weighted by molar-refractivity contribution is 5.99. The summed E-state index contributed by atoms with van der Waals surface area (Å²) < 4.78 is 9.36. The largest absolute Gasteiger partial charge is 0.469 e. The molecular formula is C23H32O5. The van der Waals surface area contributed by atoms with Gasteiger partial charge in [-0.25, -0.2) is 0 Å². The molecule has 0 aliphatic carbocycles. The fourth-order valence-corrected chi connectivity index (χ4v) is 2.09. The smallest absolute Gasteiger partial charge is 0.302 e. The van der Waals surface area contributed by atoms with Crippen LogP contribution in [0.15, 0.2) is 60.7 Å². The number of carbonyl (C=O) groups is 2. The van der Waals surface area contributed by atoms with Crippen LogP contribution in [0.25, 0.3) is 0 Å². The molecule has 154 valence electrons. The van der Waals surface area contributed by atoms with Crippen molar-refractivity contribution < 1.29 is 24.2 Å². The number of hydrogen-bond donors (Lipinski definition) is 1. The molecule has 2 aromatic carbocycles. The number of hydrogen-bond acceptors (Lipinski definition) is 5. The van der Waals surface area contributed by atoms with Crippen molar-refractivity contribution >= 4 is 11.8 Å². The summed E-state index contributed by atoms with van der Waals surface area (Å²) in [5.41, 5.74) is 1.15. The molecule has 5 heteroatoms. The Balaban J connectivity index is 0.000000507. The van der Waals surface area contributed by atoms with E-state index in [4.69, 9.17) is 4.74 Å². The normalized spacial score (nSPS) is 10.9. The van der Waals surface area contributed by atoms with Crippen LogP contribution < -0.4 is 0 Å². The summed E-state index contributed by atoms with van der Waals surface area (Å²) in [4.78, 5) is 21.5. The predicted molar refractivity (Wildman–Crippen MR) is 111 cm³/mol. The van der Waals surface area contributed by atoms with Crippen LogP contribution in [0.4, 0.5) is 0 Å². The van der Waals surface area contributed by atoms with Crippen molar-refractivity contribution in [2.75, 3.05) is 7.11 Å². The van der Waals surface area contributed by atoms with Crippen LogP contribution in [0.2, 0.25) is 0 Å². The van der Waals surface area contributed by atoms with Gasteiger partial charge in [0.25, 0.3) is 0 Å². The van der Waals surface area contributed by atoms with Crippen molar-refractivity contribution in [3.8, 4) is 0 Å². The second kappa shape index (κ2) is 14.5. The van der Waals surface area contributed by atoms with Crippen molar-refractivity contribution in [2.45, 2.75) is 52.9 Å². The van der Waals surface area contributed by atoms with Gasteiger partial charge in [-0.15, -0.1) is 0 Å². The fourth-order valence-electron chi connectivity index (χ4n) is 2.09. The molecule has 2 aromatic rings. The first kappa shape index (κ1) is 25.5. The van der Waals surface area contributed by atoms with Crippen molar-refractivity contribution in [1.29, 1.82) is 0 Å². The van der Waals surface area contributed by atoms with Gasteiger partial charge in [0, 0.05) is 12.5 Å². The van der Waals surface area contributed by atoms with E-state index in [-0.39, 0.29) is 11.8 Å². The molecule has 5 nitrogen and oxygen atoms in total. The van der Waals surface area contributed by atoms with Gasteiger partial charge in [-0.05, 0) is 33.3 Å². The van der Waals surface area contributed by atoms with Crippen LogP contribution in [0.1, 0.15) is 56.6 Å². The van der Waals surface area contributed by atoms with Gasteiger partial charge in [-0.3, -0.25) is 9.59 Å². The Morgan fingerprint density at radius 1 is 0.821 bits per heavy atom. The molecule has 28 heavy (non-hydrogen) atoms. The maximum Gasteiger partial charge on any atom is 0.302 e. The highest BCUT2D eigenvalue weighted by Crippen LogP contribution is 2.17. The topological polar surface area (TPSA) is 72.8 Å². The first-order valence-corrected chi connectivity index (χ1v) is 9.21. The van der Waals surface area contributed by atoms with E-state index in [9.17, 15) is 14.7 Å². The second-order valence-corrected chi connectivity index (χ2v) is 6.47. The number of methoxy groups -OCH3 is 1. The summed E-state index contributed by atoms with van der Waals surface area (Å²) in [5, 5.41) is 9.89. The monoisotopic (exact) mass is 388 g/mol. The fraction of sp³-hybridized carbons (Fsp3) is 0.391. The number of carbonyl (C=O) groups excluding carboxylic acids is 2. The molecule has 0 fully saturated rings. The SMILES string of the molecule is CC(C)OC(C)C.COC(C)=O.O=C(c1ccccc1)C(O)c1ccccc1. The Hall–Kier alpha value is -2.50. The van der Waals surface area contributed by atoms with Crippen LogP contribution in [0.3, 0.4) is 0 Å². The summed E-state index contributed by atoms with van der Waals surface area (Å²) in [6.45, 7) is 9.53. The van der Waals surface area contributed by atoms with Crippen molar-refractivity contribution in [3.05, 3.63) is 71.8 Å². The van der Waals surface area contributed by atoms with Crippen molar-refractivity contribution in [2.24, 2.45) is 0 Å². The number of ketones is 1. The number of aliphatic hydroxyl groups excluding tert-OH is 1. The van der Waals surface area contributed by atoms with E-state index < -0.39 is 6.10 Å².